The zero-order valence-corrected chi connectivity index (χ0v) is 2.50. The normalized spacial score (nSPS) is 4.50. The Morgan fingerprint density at radius 1 is 2.00 bits per heavy atom. The Morgan fingerprint density at radius 2 is 2.00 bits per heavy atom. The van der Waals surface area contributed by atoms with E-state index in [9.17, 15) is 4.39 Å². The predicted molar refractivity (Wildman–Crippen MR) is 19.2 cm³/mol. The van der Waals surface area contributed by atoms with Gasteiger partial charge in [0.15, 0.2) is 0 Å². The molecule has 0 unspecified atom stereocenters. The third kappa shape index (κ3) is 259. The van der Waals surface area contributed by atoms with Crippen LogP contribution in [0.25, 0.3) is 0 Å². The van der Waals surface area contributed by atoms with Crippen molar-refractivity contribution in [3.8, 4) is 0 Å². The Labute approximate surface area is 30.7 Å². The van der Waals surface area contributed by atoms with Crippen LogP contribution in [-0.4, -0.2) is 16.8 Å². The van der Waals surface area contributed by atoms with Crippen molar-refractivity contribution in [3.05, 3.63) is 6.92 Å². The molecule has 3 radical (unpaired) electrons. The van der Waals surface area contributed by atoms with E-state index in [4.69, 9.17) is 0 Å². The van der Waals surface area contributed by atoms with Crippen LogP contribution in [0.2, 0.25) is 0 Å². The van der Waals surface area contributed by atoms with Crippen molar-refractivity contribution in [1.29, 1.82) is 0 Å². The van der Waals surface area contributed by atoms with Crippen molar-refractivity contribution in [2.45, 2.75) is 0 Å². The van der Waals surface area contributed by atoms with Crippen LogP contribution in [0.1, 0.15) is 1.43 Å². The third-order valence-corrected chi connectivity index (χ3v) is 0. The van der Waals surface area contributed by atoms with Gasteiger partial charge in [-0.05, 0) is 6.92 Å². The average molecular weight is 58.1 g/mol. The molecule has 0 saturated heterocycles. The minimum Gasteiger partial charge on any atom is -0.251 e. The Bertz CT molecular complexity index is 9.61. The summed E-state index contributed by atoms with van der Waals surface area (Å²) in [7, 11) is 0. The first-order valence-electron chi connectivity index (χ1n) is 0.767. The molecule has 0 heterocycles. The minimum absolute atomic E-state index is 0. The first-order valence-corrected chi connectivity index (χ1v) is 0.767. The molecular weight excluding hydrogens is 52.0 g/mol. The van der Waals surface area contributed by atoms with Crippen LogP contribution in [-0.2, 0) is 0 Å². The topological polar surface area (TPSA) is 0 Å². The largest absolute Gasteiger partial charge is 0.251 e. The predicted octanol–water partition coefficient (Wildman–Crippen LogP) is 0.655. The van der Waals surface area contributed by atoms with Gasteiger partial charge >= 0.3 is 0 Å². The van der Waals surface area contributed by atoms with Gasteiger partial charge in [0.1, 0.15) is 0 Å². The Morgan fingerprint density at radius 3 is 2.00 bits per heavy atom. The minimum atomic E-state index is -0.500. The van der Waals surface area contributed by atoms with Crippen LogP contribution in [0.15, 0.2) is 0 Å². The summed E-state index contributed by atoms with van der Waals surface area (Å²) in [6.45, 7) is 2.32. The summed E-state index contributed by atoms with van der Waals surface area (Å²) in [5.74, 6) is 0. The molecule has 0 aromatic carbocycles. The maximum Gasteiger partial charge on any atom is 0.0895 e. The van der Waals surface area contributed by atoms with E-state index >= 15 is 0 Å². The summed E-state index contributed by atoms with van der Waals surface area (Å²) in [5.41, 5.74) is 0. The molecule has 23 valence electrons. The zero-order valence-electron chi connectivity index (χ0n) is 2.50. The SMILES string of the molecule is [Be].[CH2]CF.[HH]. The van der Waals surface area contributed by atoms with Crippen LogP contribution in [0, 0.1) is 6.92 Å². The molecule has 0 rings (SSSR count). The summed E-state index contributed by atoms with van der Waals surface area (Å²) in [5, 5.41) is 0. The molecule has 0 spiro atoms. The van der Waals surface area contributed by atoms with Gasteiger partial charge in [-0.15, -0.1) is 0 Å². The number of halogens is 1. The summed E-state index contributed by atoms with van der Waals surface area (Å²) in [4.78, 5) is 0. The van der Waals surface area contributed by atoms with Gasteiger partial charge in [-0.1, -0.05) is 0 Å². The molecule has 0 N–H and O–H groups in total. The van der Waals surface area contributed by atoms with Crippen LogP contribution in [0.5, 0.6) is 0 Å². The second-order valence-electron chi connectivity index (χ2n) is 0.189. The molecule has 0 aliphatic heterocycles. The molecule has 0 aliphatic rings. The van der Waals surface area contributed by atoms with Crippen LogP contribution >= 0.6 is 0 Å². The van der Waals surface area contributed by atoms with Gasteiger partial charge in [-0.3, -0.25) is 4.39 Å². The fraction of sp³-hybridized carbons (Fsp3) is 0.500. The van der Waals surface area contributed by atoms with E-state index in [0.717, 1.165) is 0 Å². The maximum atomic E-state index is 10.2. The van der Waals surface area contributed by atoms with Gasteiger partial charge in [0.25, 0.3) is 0 Å². The monoisotopic (exact) mass is 58.1 g/mol. The number of rotatable bonds is 0. The van der Waals surface area contributed by atoms with Crippen molar-refractivity contribution in [2.24, 2.45) is 0 Å². The summed E-state index contributed by atoms with van der Waals surface area (Å²) in [6.07, 6.45) is 0. The van der Waals surface area contributed by atoms with Gasteiger partial charge in [0.2, 0.25) is 0 Å². The van der Waals surface area contributed by atoms with E-state index in [0.29, 0.717) is 0 Å². The van der Waals surface area contributed by atoms with Crippen molar-refractivity contribution in [1.82, 2.24) is 0 Å². The van der Waals surface area contributed by atoms with Gasteiger partial charge in [0, 0.05) is 11.5 Å². The van der Waals surface area contributed by atoms with Crippen LogP contribution in [0.3, 0.4) is 0 Å². The fourth-order valence-electron chi connectivity index (χ4n) is 0. The quantitative estimate of drug-likeness (QED) is 0.359. The van der Waals surface area contributed by atoms with E-state index in [2.05, 4.69) is 6.92 Å². The van der Waals surface area contributed by atoms with E-state index in [1.165, 1.54) is 0 Å². The summed E-state index contributed by atoms with van der Waals surface area (Å²) in [6, 6.07) is 0. The number of alkyl halides is 1. The first-order chi connectivity index (χ1) is 1.41. The van der Waals surface area contributed by atoms with E-state index in [-0.39, 0.29) is 11.5 Å². The first kappa shape index (κ1) is 8.94. The molecule has 0 saturated carbocycles. The van der Waals surface area contributed by atoms with E-state index in [1.807, 2.05) is 0 Å². The van der Waals surface area contributed by atoms with Crippen LogP contribution in [0.4, 0.5) is 4.39 Å². The smallest absolute Gasteiger partial charge is 0.0895 e. The van der Waals surface area contributed by atoms with E-state index in [1.54, 1.807) is 0 Å². The molecule has 0 fully saturated rings. The Hall–Kier alpha value is 0.0988. The van der Waals surface area contributed by atoms with Gasteiger partial charge in [-0.25, -0.2) is 0 Å². The average Bonchev–Trinajstić information content (AvgIpc) is 0.918. The standard InChI is InChI=1S/C2H4F.Be.H2/c1-2-3;;/h1-2H2;;1H. The number of hydrogen-bond acceptors (Lipinski definition) is 0. The second-order valence-corrected chi connectivity index (χ2v) is 0.189. The molecule has 2 heteroatoms. The maximum absolute atomic E-state index is 10.2. The van der Waals surface area contributed by atoms with Gasteiger partial charge < -0.3 is 0 Å². The van der Waals surface area contributed by atoms with Gasteiger partial charge in [0.05, 0.1) is 6.67 Å². The van der Waals surface area contributed by atoms with Crippen molar-refractivity contribution < 1.29 is 5.82 Å². The molecule has 0 atom stereocenters. The van der Waals surface area contributed by atoms with Gasteiger partial charge in [-0.2, -0.15) is 0 Å². The molecular formula is C2H6BeF. The summed E-state index contributed by atoms with van der Waals surface area (Å²) < 4.78 is 10.2. The van der Waals surface area contributed by atoms with Crippen molar-refractivity contribution >= 4 is 10.1 Å². The van der Waals surface area contributed by atoms with Crippen molar-refractivity contribution in [3.63, 3.8) is 0 Å². The van der Waals surface area contributed by atoms with E-state index < -0.39 is 6.67 Å². The third-order valence-electron chi connectivity index (χ3n) is 0. The zero-order chi connectivity index (χ0) is 2.71. The number of hydrogen-bond donors (Lipinski definition) is 0. The van der Waals surface area contributed by atoms with Crippen molar-refractivity contribution in [2.75, 3.05) is 6.67 Å². The molecule has 0 aromatic heterocycles. The molecule has 4 heavy (non-hydrogen) atoms. The Kier molecular flexibility index (Phi) is 25.3. The van der Waals surface area contributed by atoms with Crippen LogP contribution < -0.4 is 0 Å². The fourth-order valence-corrected chi connectivity index (χ4v) is 0. The molecule has 0 aliphatic carbocycles. The molecule has 0 aromatic rings. The summed E-state index contributed by atoms with van der Waals surface area (Å²) >= 11 is 0. The molecule has 0 bridgehead atoms. The molecule has 0 nitrogen and oxygen atoms in total. The second kappa shape index (κ2) is 11.3. The molecule has 0 amide bonds. The Balaban J connectivity index is -0.0000000200.